The lowest BCUT2D eigenvalue weighted by molar-refractivity contribution is 0.0697. The number of nitrogens with zero attached hydrogens (tertiary/aromatic N) is 1. The van der Waals surface area contributed by atoms with E-state index in [0.717, 1.165) is 5.56 Å². The van der Waals surface area contributed by atoms with E-state index >= 15 is 0 Å². The van der Waals surface area contributed by atoms with Crippen LogP contribution in [0.4, 0.5) is 0 Å². The topological polar surface area (TPSA) is 61.1 Å². The van der Waals surface area contributed by atoms with Crippen LogP contribution in [0.15, 0.2) is 24.3 Å². The highest BCUT2D eigenvalue weighted by Crippen LogP contribution is 2.05. The third kappa shape index (κ3) is 1.83. The van der Waals surface area contributed by atoms with Crippen LogP contribution < -0.4 is 0 Å². The smallest absolute Gasteiger partial charge is 0.335 e. The van der Waals surface area contributed by atoms with Crippen molar-refractivity contribution in [2.45, 2.75) is 6.42 Å². The second-order valence-electron chi connectivity index (χ2n) is 2.34. The molecule has 0 atom stereocenters. The van der Waals surface area contributed by atoms with Gasteiger partial charge in [0.05, 0.1) is 18.1 Å². The maximum Gasteiger partial charge on any atom is 0.335 e. The average molecular weight is 161 g/mol. The van der Waals surface area contributed by atoms with E-state index in [4.69, 9.17) is 10.4 Å². The summed E-state index contributed by atoms with van der Waals surface area (Å²) in [7, 11) is 0. The molecule has 1 aromatic carbocycles. The fourth-order valence-electron chi connectivity index (χ4n) is 0.906. The Morgan fingerprint density at radius 1 is 1.58 bits per heavy atom. The van der Waals surface area contributed by atoms with E-state index in [1.807, 2.05) is 6.07 Å². The molecular formula is C9H7NO2. The predicted molar refractivity (Wildman–Crippen MR) is 42.7 cm³/mol. The van der Waals surface area contributed by atoms with Crippen LogP contribution in [0.5, 0.6) is 0 Å². The van der Waals surface area contributed by atoms with Crippen molar-refractivity contribution in [1.29, 1.82) is 5.26 Å². The lowest BCUT2D eigenvalue weighted by Gasteiger charge is -1.96. The van der Waals surface area contributed by atoms with Gasteiger partial charge in [0.15, 0.2) is 0 Å². The third-order valence-electron chi connectivity index (χ3n) is 1.46. The fraction of sp³-hybridized carbons (Fsp3) is 0.111. The van der Waals surface area contributed by atoms with Crippen molar-refractivity contribution in [3.8, 4) is 6.07 Å². The molecule has 1 rings (SSSR count). The van der Waals surface area contributed by atoms with Crippen LogP contribution in [-0.4, -0.2) is 11.1 Å². The van der Waals surface area contributed by atoms with Crippen LogP contribution in [0, 0.1) is 11.3 Å². The Labute approximate surface area is 69.9 Å². The van der Waals surface area contributed by atoms with Crippen molar-refractivity contribution in [3.63, 3.8) is 0 Å². The van der Waals surface area contributed by atoms with Gasteiger partial charge < -0.3 is 5.11 Å². The van der Waals surface area contributed by atoms with Crippen LogP contribution in [0.2, 0.25) is 0 Å². The van der Waals surface area contributed by atoms with E-state index in [9.17, 15) is 4.79 Å². The molecule has 0 spiro atoms. The Kier molecular flexibility index (Phi) is 2.44. The Morgan fingerprint density at radius 2 is 2.33 bits per heavy atom. The maximum atomic E-state index is 10.5. The Balaban J connectivity index is 2.97. The maximum absolute atomic E-state index is 10.5. The first-order chi connectivity index (χ1) is 5.74. The molecule has 0 fully saturated rings. The van der Waals surface area contributed by atoms with Gasteiger partial charge in [-0.05, 0) is 17.7 Å². The zero-order valence-electron chi connectivity index (χ0n) is 6.32. The van der Waals surface area contributed by atoms with Gasteiger partial charge in [-0.25, -0.2) is 4.79 Å². The van der Waals surface area contributed by atoms with Gasteiger partial charge >= 0.3 is 5.97 Å². The molecule has 0 aliphatic carbocycles. The summed E-state index contributed by atoms with van der Waals surface area (Å²) in [5.41, 5.74) is 0.958. The van der Waals surface area contributed by atoms with E-state index in [0.29, 0.717) is 0 Å². The zero-order valence-corrected chi connectivity index (χ0v) is 6.32. The minimum atomic E-state index is -0.963. The number of benzene rings is 1. The summed E-state index contributed by atoms with van der Waals surface area (Å²) in [6, 6.07) is 8.33. The van der Waals surface area contributed by atoms with Gasteiger partial charge in [0, 0.05) is 0 Å². The number of rotatable bonds is 2. The molecule has 3 heteroatoms. The summed E-state index contributed by atoms with van der Waals surface area (Å²) in [6.45, 7) is 0. The summed E-state index contributed by atoms with van der Waals surface area (Å²) in [5.74, 6) is -0.963. The van der Waals surface area contributed by atoms with Gasteiger partial charge in [-0.1, -0.05) is 12.1 Å². The first kappa shape index (κ1) is 8.28. The second kappa shape index (κ2) is 3.54. The fourth-order valence-corrected chi connectivity index (χ4v) is 0.906. The molecular weight excluding hydrogens is 154 g/mol. The molecule has 3 nitrogen and oxygen atoms in total. The summed E-state index contributed by atoms with van der Waals surface area (Å²) < 4.78 is 0. The van der Waals surface area contributed by atoms with Gasteiger partial charge in [-0.2, -0.15) is 5.26 Å². The van der Waals surface area contributed by atoms with Crippen LogP contribution >= 0.6 is 0 Å². The normalized spacial score (nSPS) is 8.92. The number of nitriles is 1. The lowest BCUT2D eigenvalue weighted by atomic mass is 10.1. The summed E-state index contributed by atoms with van der Waals surface area (Å²) in [5, 5.41) is 16.9. The first-order valence-corrected chi connectivity index (χ1v) is 3.43. The van der Waals surface area contributed by atoms with Gasteiger partial charge in [0.1, 0.15) is 0 Å². The highest BCUT2D eigenvalue weighted by Gasteiger charge is 2.01. The van der Waals surface area contributed by atoms with Gasteiger partial charge in [-0.15, -0.1) is 0 Å². The molecule has 0 aliphatic rings. The third-order valence-corrected chi connectivity index (χ3v) is 1.46. The van der Waals surface area contributed by atoms with E-state index < -0.39 is 5.97 Å². The summed E-state index contributed by atoms with van der Waals surface area (Å²) in [4.78, 5) is 10.5. The van der Waals surface area contributed by atoms with Crippen molar-refractivity contribution in [2.24, 2.45) is 0 Å². The Morgan fingerprint density at radius 3 is 2.92 bits per heavy atom. The molecule has 0 saturated carbocycles. The minimum Gasteiger partial charge on any atom is -0.478 e. The average Bonchev–Trinajstić information content (AvgIpc) is 2.05. The zero-order chi connectivity index (χ0) is 8.97. The summed E-state index contributed by atoms with van der Waals surface area (Å²) in [6.07, 6.45) is 0.251. The van der Waals surface area contributed by atoms with Gasteiger partial charge in [0.25, 0.3) is 0 Å². The number of carbonyl (C=O) groups is 1. The quantitative estimate of drug-likeness (QED) is 0.714. The van der Waals surface area contributed by atoms with Crippen LogP contribution in [-0.2, 0) is 6.42 Å². The molecule has 0 heterocycles. The lowest BCUT2D eigenvalue weighted by Crippen LogP contribution is -1.96. The first-order valence-electron chi connectivity index (χ1n) is 3.43. The molecule has 12 heavy (non-hydrogen) atoms. The molecule has 0 aliphatic heterocycles. The Bertz CT molecular complexity index is 339. The minimum absolute atomic E-state index is 0.225. The van der Waals surface area contributed by atoms with Crippen LogP contribution in [0.3, 0.4) is 0 Å². The number of aromatic carboxylic acids is 1. The van der Waals surface area contributed by atoms with E-state index in [1.54, 1.807) is 12.1 Å². The summed E-state index contributed by atoms with van der Waals surface area (Å²) >= 11 is 0. The van der Waals surface area contributed by atoms with Crippen molar-refractivity contribution in [3.05, 3.63) is 35.4 Å². The monoisotopic (exact) mass is 161 g/mol. The van der Waals surface area contributed by atoms with Crippen LogP contribution in [0.1, 0.15) is 15.9 Å². The molecule has 0 amide bonds. The van der Waals surface area contributed by atoms with Crippen molar-refractivity contribution in [2.75, 3.05) is 0 Å². The number of carboxylic acid groups (broad SMARTS) is 1. The molecule has 60 valence electrons. The molecule has 0 bridgehead atoms. The highest BCUT2D eigenvalue weighted by atomic mass is 16.4. The number of carboxylic acids is 1. The van der Waals surface area contributed by atoms with E-state index in [-0.39, 0.29) is 12.0 Å². The van der Waals surface area contributed by atoms with E-state index in [1.165, 1.54) is 12.1 Å². The highest BCUT2D eigenvalue weighted by molar-refractivity contribution is 5.87. The molecule has 0 unspecified atom stereocenters. The standard InChI is InChI=1S/C9H7NO2/c10-5-4-7-2-1-3-8(6-7)9(11)12/h1-3,6H,4H2,(H,11,12). The predicted octanol–water partition coefficient (Wildman–Crippen LogP) is 1.45. The second-order valence-corrected chi connectivity index (χ2v) is 2.34. The van der Waals surface area contributed by atoms with Gasteiger partial charge in [0.2, 0.25) is 0 Å². The number of hydrogen-bond donors (Lipinski definition) is 1. The van der Waals surface area contributed by atoms with E-state index in [2.05, 4.69) is 0 Å². The SMILES string of the molecule is N#CCc1cccc(C(=O)O)c1. The molecule has 0 aromatic heterocycles. The van der Waals surface area contributed by atoms with Crippen molar-refractivity contribution in [1.82, 2.24) is 0 Å². The molecule has 1 N–H and O–H groups in total. The largest absolute Gasteiger partial charge is 0.478 e. The molecule has 0 radical (unpaired) electrons. The number of hydrogen-bond acceptors (Lipinski definition) is 2. The van der Waals surface area contributed by atoms with Crippen LogP contribution in [0.25, 0.3) is 0 Å². The van der Waals surface area contributed by atoms with Gasteiger partial charge in [-0.3, -0.25) is 0 Å². The Hall–Kier alpha value is -1.82. The molecule has 0 saturated heterocycles. The molecule has 1 aromatic rings. The van der Waals surface area contributed by atoms with Crippen molar-refractivity contribution < 1.29 is 9.90 Å². The van der Waals surface area contributed by atoms with Crippen molar-refractivity contribution >= 4 is 5.97 Å².